The van der Waals surface area contributed by atoms with E-state index in [9.17, 15) is 19.5 Å². The molecular weight excluding hydrogens is 389 g/mol. The highest BCUT2D eigenvalue weighted by Gasteiger charge is 2.11. The Bertz CT molecular complexity index is 683. The molecule has 10 N–H and O–H groups in total. The Hall–Kier alpha value is -2.41. The number of carbonyl (C=O) groups excluding carboxylic acids is 2. The van der Waals surface area contributed by atoms with Gasteiger partial charge in [0, 0.05) is 18.2 Å². The summed E-state index contributed by atoms with van der Waals surface area (Å²) in [6, 6.07) is -0.979. The van der Waals surface area contributed by atoms with Gasteiger partial charge in [0.15, 0.2) is 6.29 Å². The SMILES string of the molecule is Cc1ncc(CO)c(C=O)c1O.NC(=O)CC[C@H](N)C(=O)O.O=P(O)(O)O. The van der Waals surface area contributed by atoms with Crippen molar-refractivity contribution < 1.29 is 48.9 Å². The summed E-state index contributed by atoms with van der Waals surface area (Å²) in [5, 5.41) is 26.3. The molecule has 1 rings (SSSR count). The van der Waals surface area contributed by atoms with E-state index in [4.69, 9.17) is 40.9 Å². The van der Waals surface area contributed by atoms with Gasteiger partial charge in [-0.1, -0.05) is 0 Å². The largest absolute Gasteiger partial charge is 0.505 e. The van der Waals surface area contributed by atoms with E-state index in [2.05, 4.69) is 4.98 Å². The smallest absolute Gasteiger partial charge is 0.466 e. The number of aliphatic hydroxyl groups excluding tert-OH is 1. The second-order valence-corrected chi connectivity index (χ2v) is 5.90. The van der Waals surface area contributed by atoms with E-state index in [1.165, 1.54) is 6.20 Å². The highest BCUT2D eigenvalue weighted by molar-refractivity contribution is 7.45. The second kappa shape index (κ2) is 12.9. The molecule has 1 atom stereocenters. The summed E-state index contributed by atoms with van der Waals surface area (Å²) in [6.07, 6.45) is 2.01. The molecular formula is C13H22N3O10P. The van der Waals surface area contributed by atoms with Gasteiger partial charge in [-0.3, -0.25) is 19.4 Å². The average Bonchev–Trinajstić information content (AvgIpc) is 2.53. The van der Waals surface area contributed by atoms with E-state index >= 15 is 0 Å². The lowest BCUT2D eigenvalue weighted by Gasteiger charge is -2.04. The van der Waals surface area contributed by atoms with Crippen molar-refractivity contribution in [1.82, 2.24) is 4.98 Å². The summed E-state index contributed by atoms with van der Waals surface area (Å²) < 4.78 is 8.88. The Kier molecular flexibility index (Phi) is 12.8. The van der Waals surface area contributed by atoms with Crippen molar-refractivity contribution >= 4 is 26.0 Å². The molecule has 0 saturated heterocycles. The number of primary amides is 1. The molecule has 1 aromatic heterocycles. The number of aryl methyl sites for hydroxylation is 1. The van der Waals surface area contributed by atoms with Gasteiger partial charge in [0.25, 0.3) is 0 Å². The number of aliphatic hydroxyl groups is 1. The van der Waals surface area contributed by atoms with Crippen LogP contribution in [-0.4, -0.2) is 59.2 Å². The minimum absolute atomic E-state index is 0.0213. The Morgan fingerprint density at radius 3 is 2.15 bits per heavy atom. The number of rotatable bonds is 6. The van der Waals surface area contributed by atoms with Gasteiger partial charge >= 0.3 is 13.8 Å². The van der Waals surface area contributed by atoms with Crippen LogP contribution in [-0.2, 0) is 20.8 Å². The number of carboxylic acids is 1. The van der Waals surface area contributed by atoms with Crippen LogP contribution in [0.25, 0.3) is 0 Å². The van der Waals surface area contributed by atoms with Crippen LogP contribution >= 0.6 is 7.82 Å². The highest BCUT2D eigenvalue weighted by Crippen LogP contribution is 2.25. The molecule has 0 bridgehead atoms. The number of aliphatic carboxylic acids is 1. The van der Waals surface area contributed by atoms with Crippen molar-refractivity contribution in [1.29, 1.82) is 0 Å². The topological polar surface area (TPSA) is 255 Å². The number of nitrogens with zero attached hydrogens (tertiary/aromatic N) is 1. The van der Waals surface area contributed by atoms with Crippen LogP contribution in [0.2, 0.25) is 0 Å². The van der Waals surface area contributed by atoms with Gasteiger partial charge in [-0.15, -0.1) is 0 Å². The number of aromatic hydroxyl groups is 1. The molecule has 0 unspecified atom stereocenters. The quantitative estimate of drug-likeness (QED) is 0.189. The molecule has 1 amide bonds. The van der Waals surface area contributed by atoms with E-state index in [0.29, 0.717) is 17.5 Å². The maximum Gasteiger partial charge on any atom is 0.466 e. The maximum absolute atomic E-state index is 10.5. The first-order valence-corrected chi connectivity index (χ1v) is 8.59. The van der Waals surface area contributed by atoms with E-state index in [1.54, 1.807) is 6.92 Å². The molecule has 0 spiro atoms. The van der Waals surface area contributed by atoms with Gasteiger partial charge < -0.3 is 41.5 Å². The zero-order chi connectivity index (χ0) is 21.8. The third kappa shape index (κ3) is 14.4. The predicted octanol–water partition coefficient (Wildman–Crippen LogP) is -1.86. The fourth-order valence-electron chi connectivity index (χ4n) is 1.33. The molecule has 0 fully saturated rings. The van der Waals surface area contributed by atoms with Gasteiger partial charge in [-0.2, -0.15) is 0 Å². The van der Waals surface area contributed by atoms with Crippen LogP contribution in [0.15, 0.2) is 6.20 Å². The number of amides is 1. The van der Waals surface area contributed by atoms with E-state index in [0.717, 1.165) is 0 Å². The Balaban J connectivity index is 0. The third-order valence-electron chi connectivity index (χ3n) is 2.66. The summed E-state index contributed by atoms with van der Waals surface area (Å²) in [7, 11) is -4.64. The molecule has 13 nitrogen and oxygen atoms in total. The summed E-state index contributed by atoms with van der Waals surface area (Å²) >= 11 is 0. The molecule has 0 radical (unpaired) electrons. The van der Waals surface area contributed by atoms with Crippen LogP contribution in [0.1, 0.15) is 34.5 Å². The Morgan fingerprint density at radius 2 is 1.81 bits per heavy atom. The normalized spacial score (nSPS) is 11.2. The molecule has 1 aromatic rings. The number of pyridine rings is 1. The van der Waals surface area contributed by atoms with E-state index in [-0.39, 0.29) is 30.8 Å². The first kappa shape index (κ1) is 26.8. The fraction of sp³-hybridized carbons (Fsp3) is 0.385. The zero-order valence-corrected chi connectivity index (χ0v) is 15.1. The van der Waals surface area contributed by atoms with Gasteiger partial charge in [-0.05, 0) is 13.3 Å². The predicted molar refractivity (Wildman–Crippen MR) is 90.3 cm³/mol. The van der Waals surface area contributed by atoms with E-state index in [1.807, 2.05) is 0 Å². The number of aromatic nitrogens is 1. The van der Waals surface area contributed by atoms with Crippen molar-refractivity contribution in [3.05, 3.63) is 23.0 Å². The first-order valence-electron chi connectivity index (χ1n) is 7.03. The highest BCUT2D eigenvalue weighted by atomic mass is 31.2. The summed E-state index contributed by atoms with van der Waals surface area (Å²) in [4.78, 5) is 55.9. The van der Waals surface area contributed by atoms with Gasteiger partial charge in [0.2, 0.25) is 5.91 Å². The van der Waals surface area contributed by atoms with Crippen molar-refractivity contribution in [2.24, 2.45) is 11.5 Å². The molecule has 27 heavy (non-hydrogen) atoms. The maximum atomic E-state index is 10.5. The number of hydrogen-bond donors (Lipinski definition) is 8. The number of phosphoric acid groups is 1. The molecule has 0 aliphatic rings. The number of carbonyl (C=O) groups is 3. The van der Waals surface area contributed by atoms with Crippen molar-refractivity contribution in [3.8, 4) is 5.75 Å². The molecule has 14 heteroatoms. The van der Waals surface area contributed by atoms with Crippen molar-refractivity contribution in [3.63, 3.8) is 0 Å². The average molecular weight is 411 g/mol. The summed E-state index contributed by atoms with van der Waals surface area (Å²) in [5.74, 6) is -1.80. The molecule has 1 heterocycles. The lowest BCUT2D eigenvalue weighted by molar-refractivity contribution is -0.138. The Labute approximate surface area is 153 Å². The lowest BCUT2D eigenvalue weighted by Crippen LogP contribution is -2.31. The third-order valence-corrected chi connectivity index (χ3v) is 2.66. The molecule has 0 saturated carbocycles. The summed E-state index contributed by atoms with van der Waals surface area (Å²) in [6.45, 7) is 1.29. The minimum atomic E-state index is -4.64. The standard InChI is InChI=1S/C8H9NO3.C5H10N2O3.H3O4P/c1-5-8(12)7(4-11)6(3-10)2-9-5;6-3(5(9)10)1-2-4(7)8;1-5(2,3)4/h2,4,10,12H,3H2,1H3;3H,1-2,6H2,(H2,7,8)(H,9,10);(H3,1,2,3,4)/t;3-;/m.0./s1. The minimum Gasteiger partial charge on any atom is -0.505 e. The first-order chi connectivity index (χ1) is 12.2. The summed E-state index contributed by atoms with van der Waals surface area (Å²) in [5.41, 5.74) is 10.7. The molecule has 0 aromatic carbocycles. The lowest BCUT2D eigenvalue weighted by atomic mass is 10.1. The number of aldehydes is 1. The second-order valence-electron chi connectivity index (χ2n) is 4.87. The zero-order valence-electron chi connectivity index (χ0n) is 14.2. The number of nitrogens with two attached hydrogens (primary N) is 2. The van der Waals surface area contributed by atoms with Gasteiger partial charge in [-0.25, -0.2) is 4.57 Å². The van der Waals surface area contributed by atoms with E-state index < -0.39 is 25.7 Å². The van der Waals surface area contributed by atoms with Gasteiger partial charge in [0.05, 0.1) is 17.9 Å². The van der Waals surface area contributed by atoms with Crippen LogP contribution in [0.5, 0.6) is 5.75 Å². The van der Waals surface area contributed by atoms with Crippen LogP contribution in [0.4, 0.5) is 0 Å². The van der Waals surface area contributed by atoms with Gasteiger partial charge in [0.1, 0.15) is 11.8 Å². The molecule has 154 valence electrons. The Morgan fingerprint density at radius 1 is 1.33 bits per heavy atom. The van der Waals surface area contributed by atoms with Crippen LogP contribution in [0.3, 0.4) is 0 Å². The fourth-order valence-corrected chi connectivity index (χ4v) is 1.33. The molecule has 0 aliphatic carbocycles. The monoisotopic (exact) mass is 411 g/mol. The van der Waals surface area contributed by atoms with Crippen molar-refractivity contribution in [2.75, 3.05) is 0 Å². The number of carboxylic acid groups (broad SMARTS) is 1. The van der Waals surface area contributed by atoms with Crippen molar-refractivity contribution in [2.45, 2.75) is 32.4 Å². The van der Waals surface area contributed by atoms with Crippen LogP contribution in [0, 0.1) is 6.92 Å². The van der Waals surface area contributed by atoms with Crippen LogP contribution < -0.4 is 11.5 Å². The molecule has 0 aliphatic heterocycles. The number of hydrogen-bond acceptors (Lipinski definition) is 8.